The van der Waals surface area contributed by atoms with Crippen molar-refractivity contribution < 1.29 is 14.4 Å². The van der Waals surface area contributed by atoms with Crippen molar-refractivity contribution in [3.8, 4) is 11.3 Å². The van der Waals surface area contributed by atoms with E-state index >= 15 is 0 Å². The summed E-state index contributed by atoms with van der Waals surface area (Å²) in [4.78, 5) is 42.5. The highest BCUT2D eigenvalue weighted by Crippen LogP contribution is 2.38. The number of fused-ring (bicyclic) bond motifs is 4. The van der Waals surface area contributed by atoms with Gasteiger partial charge in [0.15, 0.2) is 0 Å². The van der Waals surface area contributed by atoms with Crippen molar-refractivity contribution in [2.45, 2.75) is 31.8 Å². The fourth-order valence-corrected chi connectivity index (χ4v) is 6.54. The van der Waals surface area contributed by atoms with Gasteiger partial charge in [0.25, 0.3) is 17.7 Å². The smallest absolute Gasteiger partial charge is 0.261 e. The monoisotopic (exact) mass is 564 g/mol. The number of thiophene rings is 1. The number of hydrogen-bond acceptors (Lipinski definition) is 5. The van der Waals surface area contributed by atoms with Crippen LogP contribution in [0.4, 0.5) is 0 Å². The van der Waals surface area contributed by atoms with Crippen molar-refractivity contribution in [1.82, 2.24) is 20.0 Å². The Kier molecular flexibility index (Phi) is 6.55. The Labute approximate surface area is 233 Å². The number of aryl methyl sites for hydroxylation is 2. The molecule has 1 unspecified atom stereocenters. The van der Waals surface area contributed by atoms with E-state index in [1.54, 1.807) is 42.6 Å². The summed E-state index contributed by atoms with van der Waals surface area (Å²) in [6, 6.07) is 15.4. The van der Waals surface area contributed by atoms with Crippen LogP contribution in [-0.2, 0) is 19.4 Å². The van der Waals surface area contributed by atoms with Gasteiger partial charge in [-0.05, 0) is 55.2 Å². The molecule has 7 nitrogen and oxygen atoms in total. The third-order valence-electron chi connectivity index (χ3n) is 6.87. The first-order valence-electron chi connectivity index (χ1n) is 12.2. The molecule has 0 fully saturated rings. The summed E-state index contributed by atoms with van der Waals surface area (Å²) in [6.45, 7) is 0.818. The van der Waals surface area contributed by atoms with E-state index in [1.807, 2.05) is 22.9 Å². The van der Waals surface area contributed by atoms with Crippen LogP contribution in [0, 0.1) is 0 Å². The lowest BCUT2D eigenvalue weighted by Crippen LogP contribution is -2.46. The van der Waals surface area contributed by atoms with Crippen molar-refractivity contribution in [3.05, 3.63) is 97.3 Å². The van der Waals surface area contributed by atoms with Crippen molar-refractivity contribution in [3.63, 3.8) is 0 Å². The Morgan fingerprint density at radius 3 is 2.45 bits per heavy atom. The van der Waals surface area contributed by atoms with E-state index in [2.05, 4.69) is 10.4 Å². The summed E-state index contributed by atoms with van der Waals surface area (Å²) < 4.78 is 1.88. The number of amides is 3. The lowest BCUT2D eigenvalue weighted by molar-refractivity contribution is 0.0629. The van der Waals surface area contributed by atoms with Gasteiger partial charge in [0.2, 0.25) is 0 Å². The summed E-state index contributed by atoms with van der Waals surface area (Å²) >= 11 is 13.9. The van der Waals surface area contributed by atoms with Gasteiger partial charge >= 0.3 is 0 Å². The van der Waals surface area contributed by atoms with Gasteiger partial charge in [0, 0.05) is 28.6 Å². The molecule has 0 aliphatic carbocycles. The van der Waals surface area contributed by atoms with Gasteiger partial charge in [0.05, 0.1) is 39.0 Å². The molecule has 192 valence electrons. The second-order valence-electron chi connectivity index (χ2n) is 9.38. The molecule has 0 bridgehead atoms. The molecule has 2 aliphatic heterocycles. The number of hydrogen-bond donors (Lipinski definition) is 1. The average Bonchev–Trinajstić information content (AvgIpc) is 3.52. The van der Waals surface area contributed by atoms with Gasteiger partial charge in [-0.1, -0.05) is 47.5 Å². The van der Waals surface area contributed by atoms with Gasteiger partial charge in [-0.15, -0.1) is 11.3 Å². The molecule has 2 aromatic heterocycles. The molecule has 1 atom stereocenters. The number of carbonyl (C=O) groups excluding carboxylic acids is 3. The van der Waals surface area contributed by atoms with Gasteiger partial charge < -0.3 is 5.32 Å². The minimum Gasteiger partial charge on any atom is -0.346 e. The number of carbonyl (C=O) groups is 3. The van der Waals surface area contributed by atoms with E-state index < -0.39 is 6.04 Å². The Morgan fingerprint density at radius 1 is 1.03 bits per heavy atom. The number of nitrogens with zero attached hydrogens (tertiary/aromatic N) is 3. The molecular weight excluding hydrogens is 543 g/mol. The van der Waals surface area contributed by atoms with Crippen LogP contribution >= 0.6 is 34.5 Å². The molecule has 3 amide bonds. The molecule has 38 heavy (non-hydrogen) atoms. The molecule has 4 heterocycles. The van der Waals surface area contributed by atoms with Gasteiger partial charge in [-0.25, -0.2) is 0 Å². The third-order valence-corrected chi connectivity index (χ3v) is 8.59. The van der Waals surface area contributed by atoms with Crippen LogP contribution in [0.1, 0.15) is 47.2 Å². The first-order chi connectivity index (χ1) is 18.4. The Bertz CT molecular complexity index is 1540. The molecule has 0 saturated heterocycles. The second kappa shape index (κ2) is 10.0. The quantitative estimate of drug-likeness (QED) is 0.313. The summed E-state index contributed by atoms with van der Waals surface area (Å²) in [5.41, 5.74) is 3.44. The highest BCUT2D eigenvalue weighted by Gasteiger charge is 2.37. The standard InChI is InChI=1S/C28H22Cl2N4O3S/c29-17-9-7-16(8-10-17)12-18(15-33-27(36)19-4-1-2-5-20(19)28(33)37)32-26(35)24-13-21-23(38-24)6-3-11-34-25(21)22(30)14-31-34/h1-2,4-5,7-10,13-14,18H,3,6,11-12,15H2,(H,32,35). The lowest BCUT2D eigenvalue weighted by Gasteiger charge is -2.24. The normalized spacial score (nSPS) is 15.1. The van der Waals surface area contributed by atoms with Crippen LogP contribution in [0.15, 0.2) is 60.8 Å². The third kappa shape index (κ3) is 4.53. The number of imide groups is 1. The maximum atomic E-state index is 13.5. The van der Waals surface area contributed by atoms with Crippen LogP contribution in [0.3, 0.4) is 0 Å². The lowest BCUT2D eigenvalue weighted by atomic mass is 10.0. The zero-order valence-electron chi connectivity index (χ0n) is 20.1. The zero-order valence-corrected chi connectivity index (χ0v) is 22.4. The molecule has 2 aliphatic rings. The highest BCUT2D eigenvalue weighted by molar-refractivity contribution is 7.14. The molecule has 4 aromatic rings. The molecular formula is C28H22Cl2N4O3S. The number of nitrogens with one attached hydrogen (secondary N) is 1. The van der Waals surface area contributed by atoms with E-state index in [1.165, 1.54) is 16.2 Å². The predicted octanol–water partition coefficient (Wildman–Crippen LogP) is 5.50. The maximum absolute atomic E-state index is 13.5. The first kappa shape index (κ1) is 24.9. The minimum absolute atomic E-state index is 0.0460. The van der Waals surface area contributed by atoms with Crippen molar-refractivity contribution in [2.75, 3.05) is 6.54 Å². The molecule has 10 heteroatoms. The van der Waals surface area contributed by atoms with Gasteiger partial charge in [-0.2, -0.15) is 5.10 Å². The maximum Gasteiger partial charge on any atom is 0.261 e. The molecule has 2 aromatic carbocycles. The molecule has 0 radical (unpaired) electrons. The largest absolute Gasteiger partial charge is 0.346 e. The SMILES string of the molecule is O=C(NC(Cc1ccc(Cl)cc1)CN1C(=O)c2ccccc2C1=O)c1cc2c(s1)CCCn1ncc(Cl)c1-2. The van der Waals surface area contributed by atoms with E-state index in [0.717, 1.165) is 41.1 Å². The van der Waals surface area contributed by atoms with Crippen LogP contribution in [0.2, 0.25) is 10.0 Å². The van der Waals surface area contributed by atoms with Crippen molar-refractivity contribution >= 4 is 52.3 Å². The second-order valence-corrected chi connectivity index (χ2v) is 11.4. The molecule has 0 spiro atoms. The summed E-state index contributed by atoms with van der Waals surface area (Å²) in [5.74, 6) is -0.973. The predicted molar refractivity (Wildman–Crippen MR) is 147 cm³/mol. The van der Waals surface area contributed by atoms with Gasteiger partial charge in [-0.3, -0.25) is 24.0 Å². The fraction of sp³-hybridized carbons (Fsp3) is 0.214. The first-order valence-corrected chi connectivity index (χ1v) is 13.8. The van der Waals surface area contributed by atoms with E-state index in [0.29, 0.717) is 32.5 Å². The van der Waals surface area contributed by atoms with E-state index in [-0.39, 0.29) is 24.3 Å². The Morgan fingerprint density at radius 2 is 1.74 bits per heavy atom. The molecule has 1 N–H and O–H groups in total. The number of benzene rings is 2. The van der Waals surface area contributed by atoms with E-state index in [4.69, 9.17) is 23.2 Å². The van der Waals surface area contributed by atoms with E-state index in [9.17, 15) is 14.4 Å². The van der Waals surface area contributed by atoms with Crippen LogP contribution in [-0.4, -0.2) is 45.0 Å². The van der Waals surface area contributed by atoms with Gasteiger partial charge in [0.1, 0.15) is 0 Å². The summed E-state index contributed by atoms with van der Waals surface area (Å²) in [7, 11) is 0. The van der Waals surface area contributed by atoms with Crippen LogP contribution in [0.5, 0.6) is 0 Å². The Balaban J connectivity index is 1.28. The molecule has 6 rings (SSSR count). The van der Waals surface area contributed by atoms with Crippen LogP contribution in [0.25, 0.3) is 11.3 Å². The fourth-order valence-electron chi connectivity index (χ4n) is 5.06. The highest BCUT2D eigenvalue weighted by atomic mass is 35.5. The Hall–Kier alpha value is -3.46. The zero-order chi connectivity index (χ0) is 26.4. The van der Waals surface area contributed by atoms with Crippen LogP contribution < -0.4 is 5.32 Å². The number of halogens is 2. The summed E-state index contributed by atoms with van der Waals surface area (Å²) in [5, 5.41) is 8.62. The minimum atomic E-state index is -0.512. The molecule has 0 saturated carbocycles. The number of aromatic nitrogens is 2. The van der Waals surface area contributed by atoms with Crippen molar-refractivity contribution in [2.24, 2.45) is 0 Å². The summed E-state index contributed by atoms with van der Waals surface area (Å²) in [6.07, 6.45) is 3.78. The number of rotatable bonds is 6. The average molecular weight is 565 g/mol. The topological polar surface area (TPSA) is 84.3 Å². The van der Waals surface area contributed by atoms with Crippen molar-refractivity contribution in [1.29, 1.82) is 0 Å².